The molecular weight excluding hydrogens is 371 g/mol. The molecule has 0 unspecified atom stereocenters. The molecule has 0 radical (unpaired) electrons. The van der Waals surface area contributed by atoms with E-state index < -0.39 is 27.7 Å². The van der Waals surface area contributed by atoms with Gasteiger partial charge in [-0.05, 0) is 37.1 Å². The van der Waals surface area contributed by atoms with Crippen molar-refractivity contribution in [2.75, 3.05) is 13.1 Å². The van der Waals surface area contributed by atoms with Gasteiger partial charge in [0, 0.05) is 18.7 Å². The number of piperidine rings is 1. The summed E-state index contributed by atoms with van der Waals surface area (Å²) < 4.78 is 47.3. The minimum Gasteiger partial charge on any atom is -0.423 e. The van der Waals surface area contributed by atoms with Gasteiger partial charge in [-0.2, -0.15) is 8.42 Å². The highest BCUT2D eigenvalue weighted by Crippen LogP contribution is 2.30. The van der Waals surface area contributed by atoms with E-state index >= 15 is 0 Å². The van der Waals surface area contributed by atoms with Gasteiger partial charge in [-0.1, -0.05) is 24.3 Å². The highest BCUT2D eigenvalue weighted by molar-refractivity contribution is 7.90. The first kappa shape index (κ1) is 17.7. The topological polar surface area (TPSA) is 76.0 Å². The van der Waals surface area contributed by atoms with Gasteiger partial charge in [-0.15, -0.1) is 4.40 Å². The fraction of sp³-hybridized carbons (Fsp3) is 0.263. The summed E-state index contributed by atoms with van der Waals surface area (Å²) in [4.78, 5) is 14.4. The molecule has 0 aromatic heterocycles. The van der Waals surface area contributed by atoms with Crippen molar-refractivity contribution in [3.05, 3.63) is 59.9 Å². The van der Waals surface area contributed by atoms with Crippen LogP contribution in [0.1, 0.15) is 18.4 Å². The number of likely N-dealkylation sites (tertiary alicyclic amines) is 1. The maximum Gasteiger partial charge on any atom is 0.316 e. The Morgan fingerprint density at radius 2 is 1.89 bits per heavy atom. The Kier molecular flexibility index (Phi) is 4.43. The second kappa shape index (κ2) is 6.77. The van der Waals surface area contributed by atoms with E-state index in [-0.39, 0.29) is 17.2 Å². The molecule has 2 aromatic rings. The number of ether oxygens (including phenoxy) is 1. The molecule has 1 atom stereocenters. The van der Waals surface area contributed by atoms with Crippen LogP contribution >= 0.6 is 0 Å². The van der Waals surface area contributed by atoms with E-state index in [1.165, 1.54) is 24.3 Å². The lowest BCUT2D eigenvalue weighted by Crippen LogP contribution is -2.43. The Bertz CT molecular complexity index is 1040. The Morgan fingerprint density at radius 3 is 2.70 bits per heavy atom. The normalized spacial score (nSPS) is 20.7. The Hall–Kier alpha value is -2.74. The van der Waals surface area contributed by atoms with Crippen LogP contribution in [0.2, 0.25) is 0 Å². The van der Waals surface area contributed by atoms with Crippen LogP contribution in [0.25, 0.3) is 0 Å². The number of hydrogen-bond donors (Lipinski definition) is 0. The number of carbonyl (C=O) groups excluding carboxylic acids is 1. The second-order valence-corrected chi connectivity index (χ2v) is 8.10. The fourth-order valence-electron chi connectivity index (χ4n) is 3.40. The van der Waals surface area contributed by atoms with Gasteiger partial charge in [0.2, 0.25) is 0 Å². The number of para-hydroxylation sites is 1. The summed E-state index contributed by atoms with van der Waals surface area (Å²) in [5, 5.41) is 0. The van der Waals surface area contributed by atoms with E-state index in [2.05, 4.69) is 4.40 Å². The van der Waals surface area contributed by atoms with E-state index in [0.29, 0.717) is 30.8 Å². The predicted octanol–water partition coefficient (Wildman–Crippen LogP) is 2.59. The minimum atomic E-state index is -3.72. The average Bonchev–Trinajstić information content (AvgIpc) is 2.95. The molecule has 1 saturated heterocycles. The van der Waals surface area contributed by atoms with Crippen LogP contribution < -0.4 is 4.74 Å². The molecule has 140 valence electrons. The lowest BCUT2D eigenvalue weighted by atomic mass is 9.97. The van der Waals surface area contributed by atoms with Crippen molar-refractivity contribution >= 4 is 21.8 Å². The molecule has 2 aliphatic rings. The summed E-state index contributed by atoms with van der Waals surface area (Å²) in [6.45, 7) is 0.863. The molecule has 4 rings (SSSR count). The highest BCUT2D eigenvalue weighted by atomic mass is 32.2. The van der Waals surface area contributed by atoms with Gasteiger partial charge in [-0.25, -0.2) is 4.39 Å². The van der Waals surface area contributed by atoms with Crippen molar-refractivity contribution in [3.8, 4) is 5.75 Å². The SMILES string of the molecule is O=C(Oc1ccccc1F)[C@@H]1CCCN(C2=NS(=O)(=O)c3ccccc32)C1. The van der Waals surface area contributed by atoms with Gasteiger partial charge in [-0.3, -0.25) is 4.79 Å². The van der Waals surface area contributed by atoms with E-state index in [4.69, 9.17) is 4.74 Å². The van der Waals surface area contributed by atoms with Crippen LogP contribution in [-0.2, 0) is 14.8 Å². The van der Waals surface area contributed by atoms with Gasteiger partial charge >= 0.3 is 5.97 Å². The summed E-state index contributed by atoms with van der Waals surface area (Å²) in [6.07, 6.45) is 1.27. The number of carbonyl (C=O) groups is 1. The molecule has 27 heavy (non-hydrogen) atoms. The van der Waals surface area contributed by atoms with E-state index in [0.717, 1.165) is 0 Å². The number of nitrogens with zero attached hydrogens (tertiary/aromatic N) is 2. The Balaban J connectivity index is 1.54. The molecule has 8 heteroatoms. The molecule has 0 bridgehead atoms. The zero-order valence-electron chi connectivity index (χ0n) is 14.3. The molecule has 2 heterocycles. The first-order valence-corrected chi connectivity index (χ1v) is 10.1. The number of benzene rings is 2. The quantitative estimate of drug-likeness (QED) is 0.584. The third kappa shape index (κ3) is 3.32. The van der Waals surface area contributed by atoms with Gasteiger partial charge < -0.3 is 9.64 Å². The Labute approximate surface area is 156 Å². The van der Waals surface area contributed by atoms with Gasteiger partial charge in [0.25, 0.3) is 10.0 Å². The lowest BCUT2D eigenvalue weighted by Gasteiger charge is -2.32. The maximum atomic E-state index is 13.7. The smallest absolute Gasteiger partial charge is 0.316 e. The second-order valence-electron chi connectivity index (χ2n) is 6.52. The third-order valence-corrected chi connectivity index (χ3v) is 6.04. The molecule has 2 aliphatic heterocycles. The summed E-state index contributed by atoms with van der Waals surface area (Å²) >= 11 is 0. The molecule has 0 spiro atoms. The van der Waals surface area contributed by atoms with E-state index in [1.807, 2.05) is 0 Å². The monoisotopic (exact) mass is 388 g/mol. The van der Waals surface area contributed by atoms with Gasteiger partial charge in [0.15, 0.2) is 17.4 Å². The number of hydrogen-bond acceptors (Lipinski definition) is 5. The van der Waals surface area contributed by atoms with Crippen LogP contribution in [0, 0.1) is 11.7 Å². The van der Waals surface area contributed by atoms with Crippen LogP contribution in [-0.4, -0.2) is 38.2 Å². The first-order chi connectivity index (χ1) is 13.0. The summed E-state index contributed by atoms with van der Waals surface area (Å²) in [5.74, 6) is -1.37. The molecule has 6 nitrogen and oxygen atoms in total. The van der Waals surface area contributed by atoms with Crippen molar-refractivity contribution in [2.24, 2.45) is 10.3 Å². The van der Waals surface area contributed by atoms with Gasteiger partial charge in [0.05, 0.1) is 5.92 Å². The van der Waals surface area contributed by atoms with Crippen molar-refractivity contribution in [2.45, 2.75) is 17.7 Å². The number of halogens is 1. The summed E-state index contributed by atoms with van der Waals surface area (Å²) in [6, 6.07) is 12.4. The predicted molar refractivity (Wildman–Crippen MR) is 96.5 cm³/mol. The number of rotatable bonds is 2. The van der Waals surface area contributed by atoms with E-state index in [1.54, 1.807) is 29.2 Å². The number of fused-ring (bicyclic) bond motifs is 1. The molecule has 0 N–H and O–H groups in total. The number of amidine groups is 1. The minimum absolute atomic E-state index is 0.106. The highest BCUT2D eigenvalue weighted by Gasteiger charge is 2.35. The number of esters is 1. The Morgan fingerprint density at radius 1 is 1.15 bits per heavy atom. The molecule has 0 aliphatic carbocycles. The molecular formula is C19H17FN2O4S. The van der Waals surface area contributed by atoms with Crippen LogP contribution in [0.15, 0.2) is 57.8 Å². The van der Waals surface area contributed by atoms with Crippen molar-refractivity contribution in [1.29, 1.82) is 0 Å². The number of sulfonamides is 1. The zero-order valence-corrected chi connectivity index (χ0v) is 15.2. The lowest BCUT2D eigenvalue weighted by molar-refractivity contribution is -0.140. The summed E-state index contributed by atoms with van der Waals surface area (Å²) in [7, 11) is -3.72. The van der Waals surface area contributed by atoms with Crippen molar-refractivity contribution in [1.82, 2.24) is 4.90 Å². The third-order valence-electron chi connectivity index (χ3n) is 4.71. The molecule has 0 amide bonds. The molecule has 1 fully saturated rings. The van der Waals surface area contributed by atoms with Crippen LogP contribution in [0.5, 0.6) is 5.75 Å². The standard InChI is InChI=1S/C19H17FN2O4S/c20-15-8-2-3-9-16(15)26-19(23)13-6-5-11-22(12-13)18-14-7-1-4-10-17(14)27(24,25)21-18/h1-4,7-10,13H,5-6,11-12H2/t13-/m1/s1. The van der Waals surface area contributed by atoms with Gasteiger partial charge in [0.1, 0.15) is 4.90 Å². The van der Waals surface area contributed by atoms with Crippen LogP contribution in [0.4, 0.5) is 4.39 Å². The average molecular weight is 388 g/mol. The van der Waals surface area contributed by atoms with Crippen molar-refractivity contribution < 1.29 is 22.3 Å². The van der Waals surface area contributed by atoms with E-state index in [9.17, 15) is 17.6 Å². The summed E-state index contributed by atoms with van der Waals surface area (Å²) in [5.41, 5.74) is 0.542. The molecule has 2 aromatic carbocycles. The maximum absolute atomic E-state index is 13.7. The first-order valence-electron chi connectivity index (χ1n) is 8.61. The fourth-order valence-corrected chi connectivity index (χ4v) is 4.63. The van der Waals surface area contributed by atoms with Crippen molar-refractivity contribution in [3.63, 3.8) is 0 Å². The largest absolute Gasteiger partial charge is 0.423 e. The zero-order chi connectivity index (χ0) is 19.0. The van der Waals surface area contributed by atoms with Crippen LogP contribution in [0.3, 0.4) is 0 Å². The molecule has 0 saturated carbocycles.